The van der Waals surface area contributed by atoms with Crippen molar-refractivity contribution in [2.75, 3.05) is 0 Å². The minimum absolute atomic E-state index is 0.186. The first-order valence-corrected chi connectivity index (χ1v) is 5.74. The average molecular weight is 276 g/mol. The maximum Gasteiger partial charge on any atom is 0.439 e. The van der Waals surface area contributed by atoms with Crippen molar-refractivity contribution in [3.63, 3.8) is 0 Å². The molecule has 0 aliphatic carbocycles. The number of alkyl halides is 4. The topological polar surface area (TPSA) is 61.2 Å². The molecule has 0 spiro atoms. The van der Waals surface area contributed by atoms with E-state index in [9.17, 15) is 26.0 Å². The van der Waals surface area contributed by atoms with Crippen LogP contribution in [-0.4, -0.2) is 29.6 Å². The molecule has 0 aromatic carbocycles. The fourth-order valence-electron chi connectivity index (χ4n) is 0.888. The third-order valence-electron chi connectivity index (χ3n) is 1.79. The second kappa shape index (κ2) is 4.51. The Morgan fingerprint density at radius 2 is 2.12 bits per heavy atom. The summed E-state index contributed by atoms with van der Waals surface area (Å²) in [5, 5.41) is -5.28. The van der Waals surface area contributed by atoms with Crippen molar-refractivity contribution in [3.05, 3.63) is 12.4 Å². The van der Waals surface area contributed by atoms with Crippen molar-refractivity contribution in [2.24, 2.45) is 0 Å². The van der Waals surface area contributed by atoms with Gasteiger partial charge < -0.3 is 8.75 Å². The molecule has 10 heteroatoms. The van der Waals surface area contributed by atoms with Gasteiger partial charge in [-0.25, -0.2) is 13.8 Å². The Balaban J connectivity index is 3.03. The molecule has 0 bridgehead atoms. The Morgan fingerprint density at radius 3 is 2.59 bits per heavy atom. The van der Waals surface area contributed by atoms with E-state index >= 15 is 0 Å². The van der Waals surface area contributed by atoms with Crippen LogP contribution >= 0.6 is 0 Å². The van der Waals surface area contributed by atoms with E-state index in [1.807, 2.05) is 0 Å². The number of nitrogens with zero attached hydrogens (tertiary/aromatic N) is 2. The van der Waals surface area contributed by atoms with Crippen molar-refractivity contribution in [2.45, 2.75) is 25.1 Å². The van der Waals surface area contributed by atoms with Crippen molar-refractivity contribution < 1.29 is 30.2 Å². The standard InChI is InChI=1S/C7H8F4N2O3S/c1-2-13-4-3-12-6(13)16-17(14,15)7(10,11)5(8)9/h3-5H,2H2,1H3. The molecular weight excluding hydrogens is 268 g/mol. The van der Waals surface area contributed by atoms with E-state index in [0.717, 1.165) is 10.8 Å². The molecule has 98 valence electrons. The molecule has 0 unspecified atom stereocenters. The first-order chi connectivity index (χ1) is 7.72. The second-order valence-corrected chi connectivity index (χ2v) is 4.52. The van der Waals surface area contributed by atoms with Gasteiger partial charge in [0.25, 0.3) is 0 Å². The molecule has 0 fully saturated rings. The summed E-state index contributed by atoms with van der Waals surface area (Å²) < 4.78 is 75.9. The molecule has 1 aromatic heterocycles. The molecule has 0 saturated carbocycles. The van der Waals surface area contributed by atoms with Gasteiger partial charge in [0.15, 0.2) is 0 Å². The Hall–Kier alpha value is -1.32. The number of rotatable bonds is 5. The number of hydrogen-bond acceptors (Lipinski definition) is 4. The van der Waals surface area contributed by atoms with Gasteiger partial charge >= 0.3 is 27.8 Å². The zero-order valence-corrected chi connectivity index (χ0v) is 9.29. The lowest BCUT2D eigenvalue weighted by atomic mass is 10.7. The monoisotopic (exact) mass is 276 g/mol. The number of hydrogen-bond donors (Lipinski definition) is 0. The molecule has 0 amide bonds. The maximum atomic E-state index is 12.7. The van der Waals surface area contributed by atoms with Gasteiger partial charge in [0.2, 0.25) is 0 Å². The smallest absolute Gasteiger partial charge is 0.340 e. The molecule has 1 rings (SSSR count). The summed E-state index contributed by atoms with van der Waals surface area (Å²) in [6.45, 7) is 1.75. The van der Waals surface area contributed by atoms with E-state index in [-0.39, 0.29) is 6.54 Å². The Kier molecular flexibility index (Phi) is 3.65. The van der Waals surface area contributed by atoms with E-state index in [1.165, 1.54) is 6.20 Å². The first kappa shape index (κ1) is 13.7. The minimum atomic E-state index is -5.78. The summed E-state index contributed by atoms with van der Waals surface area (Å²) in [6.07, 6.45) is -2.03. The SMILES string of the molecule is CCn1ccnc1OS(=O)(=O)C(F)(F)C(F)F. The number of aromatic nitrogens is 2. The highest BCUT2D eigenvalue weighted by Crippen LogP contribution is 2.31. The summed E-state index contributed by atoms with van der Waals surface area (Å²) in [6, 6.07) is -0.687. The lowest BCUT2D eigenvalue weighted by Crippen LogP contribution is -2.39. The van der Waals surface area contributed by atoms with Gasteiger partial charge in [-0.2, -0.15) is 17.2 Å². The molecule has 0 N–H and O–H groups in total. The molecule has 0 atom stereocenters. The Labute approximate surface area is 94.1 Å². The fraction of sp³-hybridized carbons (Fsp3) is 0.571. The number of halogens is 4. The van der Waals surface area contributed by atoms with Crippen molar-refractivity contribution in [1.29, 1.82) is 0 Å². The van der Waals surface area contributed by atoms with E-state index < -0.39 is 27.8 Å². The van der Waals surface area contributed by atoms with Gasteiger partial charge in [0.1, 0.15) is 0 Å². The molecular formula is C7H8F4N2O3S. The molecule has 0 aliphatic rings. The van der Waals surface area contributed by atoms with E-state index in [2.05, 4.69) is 9.17 Å². The highest BCUT2D eigenvalue weighted by molar-refractivity contribution is 7.88. The molecule has 1 heterocycles. The maximum absolute atomic E-state index is 12.7. The van der Waals surface area contributed by atoms with Crippen LogP contribution in [0.4, 0.5) is 17.6 Å². The summed E-state index contributed by atoms with van der Waals surface area (Å²) in [5.74, 6) is 0. The van der Waals surface area contributed by atoms with Crippen LogP contribution in [0.3, 0.4) is 0 Å². The molecule has 1 aromatic rings. The normalized spacial score (nSPS) is 13.1. The van der Waals surface area contributed by atoms with Crippen molar-refractivity contribution in [3.8, 4) is 6.01 Å². The predicted molar refractivity (Wildman–Crippen MR) is 48.4 cm³/mol. The number of aryl methyl sites for hydroxylation is 1. The van der Waals surface area contributed by atoms with Gasteiger partial charge in [-0.1, -0.05) is 0 Å². The Bertz CT molecular complexity index is 485. The molecule has 0 aliphatic heterocycles. The molecule has 0 saturated heterocycles. The second-order valence-electron chi connectivity index (χ2n) is 2.90. The number of imidazole rings is 1. The van der Waals surface area contributed by atoms with Crippen molar-refractivity contribution in [1.82, 2.24) is 9.55 Å². The van der Waals surface area contributed by atoms with Gasteiger partial charge in [-0.05, 0) is 6.92 Å². The summed E-state index contributed by atoms with van der Waals surface area (Å²) in [5.41, 5.74) is 0. The third-order valence-corrected chi connectivity index (χ3v) is 3.00. The van der Waals surface area contributed by atoms with Crippen LogP contribution in [0.15, 0.2) is 12.4 Å². The summed E-state index contributed by atoms with van der Waals surface area (Å²) >= 11 is 0. The molecule has 5 nitrogen and oxygen atoms in total. The minimum Gasteiger partial charge on any atom is -0.340 e. The van der Waals surface area contributed by atoms with Gasteiger partial charge in [0.05, 0.1) is 0 Å². The Morgan fingerprint density at radius 1 is 1.53 bits per heavy atom. The average Bonchev–Trinajstić information content (AvgIpc) is 2.63. The quantitative estimate of drug-likeness (QED) is 0.603. The van der Waals surface area contributed by atoms with Crippen LogP contribution in [0.5, 0.6) is 6.01 Å². The molecule has 17 heavy (non-hydrogen) atoms. The van der Waals surface area contributed by atoms with Crippen LogP contribution in [0, 0.1) is 0 Å². The first-order valence-electron chi connectivity index (χ1n) is 4.33. The van der Waals surface area contributed by atoms with E-state index in [1.54, 1.807) is 6.92 Å². The zero-order valence-electron chi connectivity index (χ0n) is 8.48. The highest BCUT2D eigenvalue weighted by Gasteiger charge is 2.56. The van der Waals surface area contributed by atoms with Crippen LogP contribution in [0.1, 0.15) is 6.92 Å². The third kappa shape index (κ3) is 2.51. The summed E-state index contributed by atoms with van der Waals surface area (Å²) in [4.78, 5) is 3.33. The van der Waals surface area contributed by atoms with Gasteiger partial charge in [-0.15, -0.1) is 0 Å². The fourth-order valence-corrected chi connectivity index (χ4v) is 1.55. The van der Waals surface area contributed by atoms with Crippen LogP contribution < -0.4 is 4.18 Å². The van der Waals surface area contributed by atoms with Crippen LogP contribution in [0.2, 0.25) is 0 Å². The largest absolute Gasteiger partial charge is 0.439 e. The lowest BCUT2D eigenvalue weighted by Gasteiger charge is -2.15. The van der Waals surface area contributed by atoms with Crippen LogP contribution in [0.25, 0.3) is 0 Å². The van der Waals surface area contributed by atoms with Crippen molar-refractivity contribution >= 4 is 10.1 Å². The zero-order chi connectivity index (χ0) is 13.3. The van der Waals surface area contributed by atoms with Gasteiger partial charge in [-0.3, -0.25) is 0 Å². The molecule has 0 radical (unpaired) electrons. The predicted octanol–water partition coefficient (Wildman–Crippen LogP) is 1.47. The van der Waals surface area contributed by atoms with E-state index in [0.29, 0.717) is 0 Å². The summed E-state index contributed by atoms with van der Waals surface area (Å²) in [7, 11) is -5.78. The van der Waals surface area contributed by atoms with Gasteiger partial charge in [0, 0.05) is 18.9 Å². The lowest BCUT2D eigenvalue weighted by molar-refractivity contribution is -0.0682. The highest BCUT2D eigenvalue weighted by atomic mass is 32.2. The van der Waals surface area contributed by atoms with E-state index in [4.69, 9.17) is 0 Å². The van der Waals surface area contributed by atoms with Crippen LogP contribution in [-0.2, 0) is 16.7 Å².